The van der Waals surface area contributed by atoms with Crippen molar-refractivity contribution in [1.29, 1.82) is 0 Å². The monoisotopic (exact) mass is 326 g/mol. The molecule has 0 aromatic heterocycles. The molecule has 5 heteroatoms. The van der Waals surface area contributed by atoms with Gasteiger partial charge in [0, 0.05) is 6.42 Å². The first-order valence-electron chi connectivity index (χ1n) is 5.85. The van der Waals surface area contributed by atoms with Crippen LogP contribution in [-0.4, -0.2) is 5.78 Å². The maximum atomic E-state index is 12.0. The summed E-state index contributed by atoms with van der Waals surface area (Å²) in [7, 11) is 0. The second kappa shape index (κ2) is 7.59. The molecule has 0 saturated heterocycles. The van der Waals surface area contributed by atoms with E-state index in [-0.39, 0.29) is 31.4 Å². The number of hydrogen-bond acceptors (Lipinski definition) is 1. The Hall–Kier alpha value is 0.0500. The van der Waals surface area contributed by atoms with E-state index in [1.165, 1.54) is 6.07 Å². The first-order chi connectivity index (χ1) is 8.49. The molecule has 0 aliphatic heterocycles. The summed E-state index contributed by atoms with van der Waals surface area (Å²) in [4.78, 5) is 12.0. The van der Waals surface area contributed by atoms with E-state index in [0.717, 1.165) is 25.7 Å². The quantitative estimate of drug-likeness (QED) is 0.254. The summed E-state index contributed by atoms with van der Waals surface area (Å²) in [5.41, 5.74) is 0.282. The van der Waals surface area contributed by atoms with Gasteiger partial charge in [-0.3, -0.25) is 4.79 Å². The van der Waals surface area contributed by atoms with Crippen molar-refractivity contribution >= 4 is 52.2 Å². The summed E-state index contributed by atoms with van der Waals surface area (Å²) >= 11 is 23.7. The minimum atomic E-state index is -0.0836. The molecule has 0 aliphatic carbocycles. The molecule has 0 N–H and O–H groups in total. The zero-order valence-corrected chi connectivity index (χ0v) is 13.1. The number of benzene rings is 1. The molecule has 0 atom stereocenters. The number of unbranched alkanes of at least 4 members (excludes halogenated alkanes) is 3. The standard InChI is InChI=1S/C13H14Cl4O/c1-2-3-4-5-6-10(18)11-8(14)7-9(15)12(16)13(11)17/h7H,2-6H2,1H3. The molecule has 0 amide bonds. The molecule has 0 aliphatic rings. The predicted octanol–water partition coefficient (Wildman–Crippen LogP) is 6.45. The number of rotatable bonds is 6. The van der Waals surface area contributed by atoms with Crippen LogP contribution in [0.1, 0.15) is 49.4 Å². The van der Waals surface area contributed by atoms with Crippen LogP contribution in [-0.2, 0) is 0 Å². The molecule has 1 nitrogen and oxygen atoms in total. The molecule has 0 radical (unpaired) electrons. The highest BCUT2D eigenvalue weighted by Gasteiger charge is 2.19. The average molecular weight is 328 g/mol. The predicted molar refractivity (Wildman–Crippen MR) is 79.6 cm³/mol. The van der Waals surface area contributed by atoms with Gasteiger partial charge in [0.2, 0.25) is 0 Å². The van der Waals surface area contributed by atoms with E-state index in [1.807, 2.05) is 0 Å². The fraction of sp³-hybridized carbons (Fsp3) is 0.462. The molecule has 18 heavy (non-hydrogen) atoms. The van der Waals surface area contributed by atoms with Crippen molar-refractivity contribution in [2.24, 2.45) is 0 Å². The van der Waals surface area contributed by atoms with Gasteiger partial charge < -0.3 is 0 Å². The van der Waals surface area contributed by atoms with Gasteiger partial charge in [0.25, 0.3) is 0 Å². The molecule has 0 saturated carbocycles. The maximum Gasteiger partial charge on any atom is 0.165 e. The molecule has 0 bridgehead atoms. The van der Waals surface area contributed by atoms with Crippen LogP contribution < -0.4 is 0 Å². The fourth-order valence-corrected chi connectivity index (χ4v) is 2.78. The van der Waals surface area contributed by atoms with Crippen molar-refractivity contribution in [1.82, 2.24) is 0 Å². The first kappa shape index (κ1) is 16.1. The molecule has 0 unspecified atom stereocenters. The van der Waals surface area contributed by atoms with Crippen LogP contribution in [0.2, 0.25) is 20.1 Å². The Morgan fingerprint density at radius 3 is 2.28 bits per heavy atom. The normalized spacial score (nSPS) is 10.7. The Morgan fingerprint density at radius 1 is 1.00 bits per heavy atom. The molecular formula is C13H14Cl4O. The van der Waals surface area contributed by atoms with E-state index in [4.69, 9.17) is 46.4 Å². The van der Waals surface area contributed by atoms with Crippen LogP contribution in [0.25, 0.3) is 0 Å². The number of carbonyl (C=O) groups excluding carboxylic acids is 1. The second-order valence-corrected chi connectivity index (χ2v) is 5.65. The summed E-state index contributed by atoms with van der Waals surface area (Å²) < 4.78 is 0. The van der Waals surface area contributed by atoms with Crippen molar-refractivity contribution in [3.63, 3.8) is 0 Å². The highest BCUT2D eigenvalue weighted by molar-refractivity contribution is 6.51. The largest absolute Gasteiger partial charge is 0.294 e. The highest BCUT2D eigenvalue weighted by Crippen LogP contribution is 2.38. The molecule has 1 rings (SSSR count). The van der Waals surface area contributed by atoms with Crippen molar-refractivity contribution in [3.8, 4) is 0 Å². The lowest BCUT2D eigenvalue weighted by Crippen LogP contribution is -2.02. The van der Waals surface area contributed by atoms with Crippen molar-refractivity contribution < 1.29 is 4.79 Å². The van der Waals surface area contributed by atoms with Crippen molar-refractivity contribution in [2.75, 3.05) is 0 Å². The van der Waals surface area contributed by atoms with E-state index in [9.17, 15) is 4.79 Å². The molecular weight excluding hydrogens is 314 g/mol. The van der Waals surface area contributed by atoms with Crippen molar-refractivity contribution in [3.05, 3.63) is 31.7 Å². The number of ketones is 1. The van der Waals surface area contributed by atoms with Gasteiger partial charge in [0.1, 0.15) is 0 Å². The highest BCUT2D eigenvalue weighted by atomic mass is 35.5. The Labute approximate surface area is 127 Å². The second-order valence-electron chi connectivity index (χ2n) is 4.08. The minimum absolute atomic E-state index is 0.0836. The topological polar surface area (TPSA) is 17.1 Å². The van der Waals surface area contributed by atoms with Gasteiger partial charge in [-0.1, -0.05) is 72.6 Å². The van der Waals surface area contributed by atoms with Gasteiger partial charge >= 0.3 is 0 Å². The molecule has 1 aromatic rings. The lowest BCUT2D eigenvalue weighted by Gasteiger charge is -2.09. The first-order valence-corrected chi connectivity index (χ1v) is 7.36. The average Bonchev–Trinajstić information content (AvgIpc) is 2.32. The Balaban J connectivity index is 2.83. The lowest BCUT2D eigenvalue weighted by molar-refractivity contribution is 0.0979. The smallest absolute Gasteiger partial charge is 0.165 e. The molecule has 1 aromatic carbocycles. The van der Waals surface area contributed by atoms with Gasteiger partial charge in [0.05, 0.1) is 25.7 Å². The lowest BCUT2D eigenvalue weighted by atomic mass is 10.0. The van der Waals surface area contributed by atoms with E-state index < -0.39 is 0 Å². The van der Waals surface area contributed by atoms with Crippen LogP contribution in [0.4, 0.5) is 0 Å². The molecule has 0 spiro atoms. The summed E-state index contributed by atoms with van der Waals surface area (Å²) in [5.74, 6) is -0.0836. The minimum Gasteiger partial charge on any atom is -0.294 e. The zero-order chi connectivity index (χ0) is 13.7. The Morgan fingerprint density at radius 2 is 1.67 bits per heavy atom. The third kappa shape index (κ3) is 4.03. The van der Waals surface area contributed by atoms with Gasteiger partial charge in [0.15, 0.2) is 5.78 Å². The SMILES string of the molecule is CCCCCCC(=O)c1c(Cl)cc(Cl)c(Cl)c1Cl. The van der Waals surface area contributed by atoms with E-state index in [2.05, 4.69) is 6.92 Å². The number of hydrogen-bond donors (Lipinski definition) is 0. The molecule has 0 fully saturated rings. The van der Waals surface area contributed by atoms with Crippen LogP contribution >= 0.6 is 46.4 Å². The van der Waals surface area contributed by atoms with Gasteiger partial charge in [-0.2, -0.15) is 0 Å². The summed E-state index contributed by atoms with van der Waals surface area (Å²) in [6, 6.07) is 1.45. The van der Waals surface area contributed by atoms with E-state index in [1.54, 1.807) is 0 Å². The fourth-order valence-electron chi connectivity index (χ4n) is 1.66. The summed E-state index contributed by atoms with van der Waals surface area (Å²) in [6.45, 7) is 2.12. The maximum absolute atomic E-state index is 12.0. The van der Waals surface area contributed by atoms with Gasteiger partial charge in [-0.25, -0.2) is 0 Å². The third-order valence-electron chi connectivity index (χ3n) is 2.65. The summed E-state index contributed by atoms with van der Waals surface area (Å²) in [6.07, 6.45) is 4.54. The Bertz CT molecular complexity index is 443. The van der Waals surface area contributed by atoms with Crippen molar-refractivity contribution in [2.45, 2.75) is 39.0 Å². The zero-order valence-electron chi connectivity index (χ0n) is 10.0. The number of Topliss-reactive ketones (excluding diaryl/α,β-unsaturated/α-hetero) is 1. The summed E-state index contributed by atoms with van der Waals surface area (Å²) in [5, 5.41) is 0.846. The van der Waals surface area contributed by atoms with Gasteiger partial charge in [-0.15, -0.1) is 0 Å². The van der Waals surface area contributed by atoms with Gasteiger partial charge in [-0.05, 0) is 12.5 Å². The third-order valence-corrected chi connectivity index (χ3v) is 4.21. The van der Waals surface area contributed by atoms with E-state index in [0.29, 0.717) is 6.42 Å². The van der Waals surface area contributed by atoms with E-state index >= 15 is 0 Å². The Kier molecular flexibility index (Phi) is 6.79. The number of carbonyl (C=O) groups is 1. The molecule has 0 heterocycles. The number of halogens is 4. The van der Waals surface area contributed by atoms with Crippen LogP contribution in [0.15, 0.2) is 6.07 Å². The van der Waals surface area contributed by atoms with Crippen LogP contribution in [0.5, 0.6) is 0 Å². The van der Waals surface area contributed by atoms with Crippen LogP contribution in [0, 0.1) is 0 Å². The van der Waals surface area contributed by atoms with Crippen LogP contribution in [0.3, 0.4) is 0 Å². The molecule has 100 valence electrons.